The molecule has 1 aliphatic rings. The molecule has 0 unspecified atom stereocenters. The van der Waals surface area contributed by atoms with Gasteiger partial charge in [0, 0.05) is 31.3 Å². The van der Waals surface area contributed by atoms with Gasteiger partial charge >= 0.3 is 0 Å². The molecule has 0 radical (unpaired) electrons. The zero-order valence-corrected chi connectivity index (χ0v) is 15.7. The van der Waals surface area contributed by atoms with Crippen molar-refractivity contribution in [1.29, 1.82) is 0 Å². The van der Waals surface area contributed by atoms with Gasteiger partial charge in [0.25, 0.3) is 0 Å². The minimum atomic E-state index is -3.98. The van der Waals surface area contributed by atoms with Crippen molar-refractivity contribution in [3.05, 3.63) is 59.9 Å². The summed E-state index contributed by atoms with van der Waals surface area (Å²) in [5, 5.41) is 0. The Morgan fingerprint density at radius 3 is 2.27 bits per heavy atom. The first kappa shape index (κ1) is 19.0. The fraction of sp³-hybridized carbons (Fsp3) is 0.294. The van der Waals surface area contributed by atoms with Crippen LogP contribution in [0.4, 0.5) is 4.39 Å². The molecule has 0 saturated carbocycles. The van der Waals surface area contributed by atoms with E-state index in [0.717, 1.165) is 30.0 Å². The number of benzene rings is 2. The summed E-state index contributed by atoms with van der Waals surface area (Å²) in [7, 11) is -7.75. The molecule has 1 fully saturated rings. The Kier molecular flexibility index (Phi) is 4.91. The predicted octanol–water partition coefficient (Wildman–Crippen LogP) is 1.34. The third-order valence-corrected chi connectivity index (χ3v) is 7.46. The Labute approximate surface area is 152 Å². The molecule has 0 aromatic heterocycles. The van der Waals surface area contributed by atoms with E-state index in [9.17, 15) is 21.2 Å². The van der Waals surface area contributed by atoms with Gasteiger partial charge in [0.05, 0.1) is 4.90 Å². The maximum absolute atomic E-state index is 14.1. The molecule has 2 aromatic carbocycles. The Morgan fingerprint density at radius 2 is 1.69 bits per heavy atom. The van der Waals surface area contributed by atoms with Crippen LogP contribution >= 0.6 is 0 Å². The summed E-state index contributed by atoms with van der Waals surface area (Å²) in [5.74, 6) is -1.25. The van der Waals surface area contributed by atoms with Gasteiger partial charge in [0.2, 0.25) is 10.0 Å². The summed E-state index contributed by atoms with van der Waals surface area (Å²) in [4.78, 5) is -0.819. The Hall–Kier alpha value is -1.81. The van der Waals surface area contributed by atoms with E-state index in [1.807, 2.05) is 30.3 Å². The quantitative estimate of drug-likeness (QED) is 0.838. The average Bonchev–Trinajstić information content (AvgIpc) is 2.97. The molecule has 6 nitrogen and oxygen atoms in total. The highest BCUT2D eigenvalue weighted by Gasteiger charge is 2.38. The Balaban J connectivity index is 1.91. The van der Waals surface area contributed by atoms with Crippen LogP contribution in [-0.2, 0) is 19.9 Å². The summed E-state index contributed by atoms with van der Waals surface area (Å²) in [6.45, 7) is 0.292. The number of sulfone groups is 1. The van der Waals surface area contributed by atoms with Crippen LogP contribution in [0.15, 0.2) is 58.3 Å². The largest absolute Gasteiger partial charge is 0.326 e. The lowest BCUT2D eigenvalue weighted by molar-refractivity contribution is 0.468. The van der Waals surface area contributed by atoms with E-state index < -0.39 is 30.6 Å². The van der Waals surface area contributed by atoms with E-state index >= 15 is 0 Å². The molecule has 2 aromatic rings. The fourth-order valence-corrected chi connectivity index (χ4v) is 5.38. The lowest BCUT2D eigenvalue weighted by Gasteiger charge is -2.17. The van der Waals surface area contributed by atoms with Gasteiger partial charge in [-0.25, -0.2) is 21.2 Å². The summed E-state index contributed by atoms with van der Waals surface area (Å²) in [6, 6.07) is 11.8. The molecule has 2 N–H and O–H groups in total. The van der Waals surface area contributed by atoms with Crippen LogP contribution in [0.1, 0.15) is 11.5 Å². The molecule has 9 heteroatoms. The zero-order chi connectivity index (χ0) is 19.1. The van der Waals surface area contributed by atoms with Gasteiger partial charge in [-0.05, 0) is 23.8 Å². The number of halogens is 1. The Morgan fingerprint density at radius 1 is 1.04 bits per heavy atom. The Bertz CT molecular complexity index is 1020. The second-order valence-electron chi connectivity index (χ2n) is 6.37. The molecule has 1 saturated heterocycles. The van der Waals surface area contributed by atoms with E-state index in [0.29, 0.717) is 0 Å². The minimum absolute atomic E-state index is 0.108. The first-order valence-corrected chi connectivity index (χ1v) is 11.2. The van der Waals surface area contributed by atoms with Gasteiger partial charge < -0.3 is 5.73 Å². The second kappa shape index (κ2) is 6.73. The molecule has 140 valence electrons. The van der Waals surface area contributed by atoms with Crippen molar-refractivity contribution in [3.63, 3.8) is 0 Å². The van der Waals surface area contributed by atoms with Gasteiger partial charge in [0.1, 0.15) is 10.7 Å². The van der Waals surface area contributed by atoms with Crippen LogP contribution < -0.4 is 5.73 Å². The normalized spacial score (nSPS) is 21.8. The van der Waals surface area contributed by atoms with Gasteiger partial charge in [-0.1, -0.05) is 30.3 Å². The number of nitrogens with two attached hydrogens (primary N) is 1. The molecular weight excluding hydrogens is 379 g/mol. The lowest BCUT2D eigenvalue weighted by atomic mass is 9.95. The van der Waals surface area contributed by atoms with E-state index in [1.165, 1.54) is 4.31 Å². The summed E-state index contributed by atoms with van der Waals surface area (Å²) in [5.41, 5.74) is 7.07. The first-order valence-electron chi connectivity index (χ1n) is 7.91. The van der Waals surface area contributed by atoms with Gasteiger partial charge in [0.15, 0.2) is 9.84 Å². The molecule has 0 aliphatic carbocycles. The molecule has 0 amide bonds. The summed E-state index contributed by atoms with van der Waals surface area (Å²) < 4.78 is 64.0. The lowest BCUT2D eigenvalue weighted by Crippen LogP contribution is -2.32. The van der Waals surface area contributed by atoms with Crippen LogP contribution in [0.3, 0.4) is 0 Å². The standard InChI is InChI=1S/C17H19FN2O4S2/c1-25(21,22)17-8-7-13(9-15(17)18)26(23,24)20-10-14(16(19)11-20)12-5-3-2-4-6-12/h2-9,14,16H,10-11,19H2,1H3/t14-,16+/m0/s1. The first-order chi connectivity index (χ1) is 12.1. The molecule has 2 atom stereocenters. The third kappa shape index (κ3) is 3.52. The number of hydrogen-bond acceptors (Lipinski definition) is 5. The van der Waals surface area contributed by atoms with Crippen LogP contribution in [0.2, 0.25) is 0 Å². The van der Waals surface area contributed by atoms with Crippen molar-refractivity contribution in [2.24, 2.45) is 5.73 Å². The summed E-state index contributed by atoms with van der Waals surface area (Å²) >= 11 is 0. The van der Waals surface area contributed by atoms with E-state index in [4.69, 9.17) is 5.73 Å². The van der Waals surface area contributed by atoms with Crippen molar-refractivity contribution in [3.8, 4) is 0 Å². The highest BCUT2D eigenvalue weighted by atomic mass is 32.2. The smallest absolute Gasteiger partial charge is 0.243 e. The van der Waals surface area contributed by atoms with Crippen LogP contribution in [0.5, 0.6) is 0 Å². The monoisotopic (exact) mass is 398 g/mol. The van der Waals surface area contributed by atoms with Crippen molar-refractivity contribution in [1.82, 2.24) is 4.31 Å². The molecule has 3 rings (SSSR count). The maximum Gasteiger partial charge on any atom is 0.243 e. The SMILES string of the molecule is CS(=O)(=O)c1ccc(S(=O)(=O)N2C[C@@H](N)[C@H](c3ccccc3)C2)cc1F. The molecule has 1 aliphatic heterocycles. The van der Waals surface area contributed by atoms with Crippen molar-refractivity contribution >= 4 is 19.9 Å². The number of rotatable bonds is 4. The molecule has 0 bridgehead atoms. The molecular formula is C17H19FN2O4S2. The van der Waals surface area contributed by atoms with E-state index in [1.54, 1.807) is 0 Å². The van der Waals surface area contributed by atoms with E-state index in [2.05, 4.69) is 0 Å². The highest BCUT2D eigenvalue weighted by Crippen LogP contribution is 2.31. The van der Waals surface area contributed by atoms with Gasteiger partial charge in [-0.2, -0.15) is 4.31 Å². The van der Waals surface area contributed by atoms with Crippen LogP contribution in [0.25, 0.3) is 0 Å². The van der Waals surface area contributed by atoms with Crippen molar-refractivity contribution in [2.75, 3.05) is 19.3 Å². The minimum Gasteiger partial charge on any atom is -0.326 e. The molecule has 1 heterocycles. The number of hydrogen-bond donors (Lipinski definition) is 1. The number of sulfonamides is 1. The van der Waals surface area contributed by atoms with E-state index in [-0.39, 0.29) is 29.9 Å². The van der Waals surface area contributed by atoms with Gasteiger partial charge in [-0.15, -0.1) is 0 Å². The van der Waals surface area contributed by atoms with Crippen molar-refractivity contribution < 1.29 is 21.2 Å². The molecule has 0 spiro atoms. The predicted molar refractivity (Wildman–Crippen MR) is 95.4 cm³/mol. The fourth-order valence-electron chi connectivity index (χ4n) is 3.13. The average molecular weight is 398 g/mol. The van der Waals surface area contributed by atoms with Crippen molar-refractivity contribution in [2.45, 2.75) is 21.8 Å². The van der Waals surface area contributed by atoms with Crippen LogP contribution in [0, 0.1) is 5.82 Å². The van der Waals surface area contributed by atoms with Crippen LogP contribution in [-0.4, -0.2) is 46.5 Å². The third-order valence-electron chi connectivity index (χ3n) is 4.50. The number of nitrogens with zero attached hydrogens (tertiary/aromatic N) is 1. The second-order valence-corrected chi connectivity index (χ2v) is 10.3. The highest BCUT2D eigenvalue weighted by molar-refractivity contribution is 7.90. The van der Waals surface area contributed by atoms with Gasteiger partial charge in [-0.3, -0.25) is 0 Å². The molecule has 26 heavy (non-hydrogen) atoms. The maximum atomic E-state index is 14.1. The topological polar surface area (TPSA) is 97.5 Å². The zero-order valence-electron chi connectivity index (χ0n) is 14.0. The summed E-state index contributed by atoms with van der Waals surface area (Å²) in [6.07, 6.45) is 0.865.